The van der Waals surface area contributed by atoms with Crippen molar-refractivity contribution in [3.8, 4) is 5.75 Å². The Morgan fingerprint density at radius 3 is 2.88 bits per heavy atom. The monoisotopic (exact) mass is 248 g/mol. The summed E-state index contributed by atoms with van der Waals surface area (Å²) >= 11 is 1.31. The summed E-state index contributed by atoms with van der Waals surface area (Å²) < 4.78 is 5.26. The molecule has 0 aliphatic rings. The molecule has 2 N–H and O–H groups in total. The van der Waals surface area contributed by atoms with Gasteiger partial charge in [0.2, 0.25) is 0 Å². The second-order valence-corrected chi connectivity index (χ2v) is 4.60. The van der Waals surface area contributed by atoms with E-state index in [2.05, 4.69) is 4.98 Å². The van der Waals surface area contributed by atoms with Crippen molar-refractivity contribution in [3.05, 3.63) is 45.9 Å². The predicted octanol–water partition coefficient (Wildman–Crippen LogP) is 1.84. The number of nitrogens with two attached hydrogens (primary N) is 1. The van der Waals surface area contributed by atoms with Gasteiger partial charge in [-0.3, -0.25) is 4.79 Å². The molecule has 0 saturated carbocycles. The number of hydrogen-bond donors (Lipinski definition) is 1. The Morgan fingerprint density at radius 2 is 2.24 bits per heavy atom. The molecule has 0 atom stereocenters. The fourth-order valence-electron chi connectivity index (χ4n) is 1.54. The van der Waals surface area contributed by atoms with Crippen LogP contribution in [0, 0.1) is 0 Å². The fourth-order valence-corrected chi connectivity index (χ4v) is 2.33. The first kappa shape index (κ1) is 11.6. The highest BCUT2D eigenvalue weighted by molar-refractivity contribution is 7.13. The molecule has 1 amide bonds. The number of rotatable bonds is 4. The molecule has 0 unspecified atom stereocenters. The summed E-state index contributed by atoms with van der Waals surface area (Å²) in [7, 11) is 1.64. The largest absolute Gasteiger partial charge is 0.496 e. The normalized spacial score (nSPS) is 10.2. The van der Waals surface area contributed by atoms with Gasteiger partial charge in [-0.05, 0) is 11.6 Å². The quantitative estimate of drug-likeness (QED) is 0.897. The van der Waals surface area contributed by atoms with Crippen LogP contribution in [0.4, 0.5) is 0 Å². The van der Waals surface area contributed by atoms with Gasteiger partial charge in [0, 0.05) is 17.5 Å². The predicted molar refractivity (Wildman–Crippen MR) is 66.4 cm³/mol. The van der Waals surface area contributed by atoms with Crippen molar-refractivity contribution in [2.75, 3.05) is 7.11 Å². The third-order valence-corrected chi connectivity index (χ3v) is 3.33. The van der Waals surface area contributed by atoms with Crippen LogP contribution >= 0.6 is 11.3 Å². The topological polar surface area (TPSA) is 65.2 Å². The summed E-state index contributed by atoms with van der Waals surface area (Å²) in [5, 5.41) is 0.342. The molecule has 5 heteroatoms. The van der Waals surface area contributed by atoms with E-state index in [1.165, 1.54) is 11.3 Å². The van der Waals surface area contributed by atoms with E-state index >= 15 is 0 Å². The van der Waals surface area contributed by atoms with Gasteiger partial charge in [-0.25, -0.2) is 4.98 Å². The first-order valence-electron chi connectivity index (χ1n) is 5.07. The number of amides is 1. The standard InChI is InChI=1S/C12H12N2O2S/c1-16-10-5-3-2-4-8(10)6-9-7-14-12(17-9)11(13)15/h2-5,7H,6H2,1H3,(H2,13,15). The summed E-state index contributed by atoms with van der Waals surface area (Å²) in [6.07, 6.45) is 2.37. The van der Waals surface area contributed by atoms with Crippen molar-refractivity contribution in [1.29, 1.82) is 0 Å². The highest BCUT2D eigenvalue weighted by Gasteiger charge is 2.09. The minimum absolute atomic E-state index is 0.342. The first-order valence-corrected chi connectivity index (χ1v) is 5.88. The van der Waals surface area contributed by atoms with Crippen LogP contribution in [-0.4, -0.2) is 18.0 Å². The lowest BCUT2D eigenvalue weighted by Crippen LogP contribution is -2.09. The van der Waals surface area contributed by atoms with Crippen molar-refractivity contribution in [2.24, 2.45) is 5.73 Å². The number of carbonyl (C=O) groups excluding carboxylic acids is 1. The Hall–Kier alpha value is -1.88. The molecule has 0 saturated heterocycles. The smallest absolute Gasteiger partial charge is 0.277 e. The molecular formula is C12H12N2O2S. The van der Waals surface area contributed by atoms with Gasteiger partial charge in [-0.2, -0.15) is 0 Å². The molecular weight excluding hydrogens is 236 g/mol. The summed E-state index contributed by atoms with van der Waals surface area (Å²) in [6.45, 7) is 0. The van der Waals surface area contributed by atoms with E-state index in [0.717, 1.165) is 16.2 Å². The summed E-state index contributed by atoms with van der Waals surface area (Å²) in [5.74, 6) is 0.350. The molecule has 0 spiro atoms. The van der Waals surface area contributed by atoms with Crippen LogP contribution in [0.1, 0.15) is 20.2 Å². The molecule has 4 nitrogen and oxygen atoms in total. The number of aromatic nitrogens is 1. The zero-order valence-corrected chi connectivity index (χ0v) is 10.2. The third kappa shape index (κ3) is 2.62. The molecule has 0 fully saturated rings. The van der Waals surface area contributed by atoms with Crippen LogP contribution < -0.4 is 10.5 Å². The number of hydrogen-bond acceptors (Lipinski definition) is 4. The van der Waals surface area contributed by atoms with Gasteiger partial charge >= 0.3 is 0 Å². The lowest BCUT2D eigenvalue weighted by Gasteiger charge is -2.05. The second-order valence-electron chi connectivity index (χ2n) is 3.48. The summed E-state index contributed by atoms with van der Waals surface area (Å²) in [4.78, 5) is 15.9. The van der Waals surface area contributed by atoms with Gasteiger partial charge in [-0.1, -0.05) is 18.2 Å². The minimum atomic E-state index is -0.485. The molecule has 0 bridgehead atoms. The van der Waals surface area contributed by atoms with Crippen molar-refractivity contribution < 1.29 is 9.53 Å². The number of thiazole rings is 1. The number of methoxy groups -OCH3 is 1. The van der Waals surface area contributed by atoms with Crippen LogP contribution in [0.2, 0.25) is 0 Å². The minimum Gasteiger partial charge on any atom is -0.496 e. The number of para-hydroxylation sites is 1. The van der Waals surface area contributed by atoms with Crippen molar-refractivity contribution in [1.82, 2.24) is 4.98 Å². The van der Waals surface area contributed by atoms with Crippen LogP contribution in [-0.2, 0) is 6.42 Å². The molecule has 2 aromatic rings. The van der Waals surface area contributed by atoms with E-state index in [9.17, 15) is 4.79 Å². The molecule has 17 heavy (non-hydrogen) atoms. The highest BCUT2D eigenvalue weighted by Crippen LogP contribution is 2.23. The van der Waals surface area contributed by atoms with E-state index in [-0.39, 0.29) is 0 Å². The number of nitrogens with zero attached hydrogens (tertiary/aromatic N) is 1. The maximum Gasteiger partial charge on any atom is 0.277 e. The number of benzene rings is 1. The van der Waals surface area contributed by atoms with Crippen LogP contribution in [0.5, 0.6) is 5.75 Å². The second kappa shape index (κ2) is 4.97. The Kier molecular flexibility index (Phi) is 3.39. The molecule has 88 valence electrons. The maximum absolute atomic E-state index is 10.9. The number of carbonyl (C=O) groups is 1. The zero-order chi connectivity index (χ0) is 12.3. The maximum atomic E-state index is 10.9. The van der Waals surface area contributed by atoms with Crippen LogP contribution in [0.25, 0.3) is 0 Å². The van der Waals surface area contributed by atoms with Gasteiger partial charge in [-0.15, -0.1) is 11.3 Å². The van der Waals surface area contributed by atoms with Crippen molar-refractivity contribution in [2.45, 2.75) is 6.42 Å². The molecule has 0 aliphatic heterocycles. The molecule has 2 rings (SSSR count). The van der Waals surface area contributed by atoms with Crippen LogP contribution in [0.15, 0.2) is 30.5 Å². The average molecular weight is 248 g/mol. The molecule has 0 radical (unpaired) electrons. The van der Waals surface area contributed by atoms with Gasteiger partial charge in [0.25, 0.3) is 5.91 Å². The van der Waals surface area contributed by atoms with Crippen molar-refractivity contribution >= 4 is 17.2 Å². The molecule has 1 aromatic heterocycles. The Morgan fingerprint density at radius 1 is 1.47 bits per heavy atom. The van der Waals surface area contributed by atoms with Gasteiger partial charge in [0.05, 0.1) is 7.11 Å². The van der Waals surface area contributed by atoms with E-state index in [4.69, 9.17) is 10.5 Å². The summed E-state index contributed by atoms with van der Waals surface area (Å²) in [5.41, 5.74) is 6.23. The van der Waals surface area contributed by atoms with Gasteiger partial charge in [0.15, 0.2) is 5.01 Å². The Bertz CT molecular complexity index is 537. The molecule has 1 aromatic carbocycles. The third-order valence-electron chi connectivity index (χ3n) is 2.32. The SMILES string of the molecule is COc1ccccc1Cc1cnc(C(N)=O)s1. The number of ether oxygens (including phenoxy) is 1. The van der Waals surface area contributed by atoms with Crippen molar-refractivity contribution in [3.63, 3.8) is 0 Å². The van der Waals surface area contributed by atoms with E-state index in [1.54, 1.807) is 13.3 Å². The lowest BCUT2D eigenvalue weighted by molar-refractivity contribution is 0.1000. The zero-order valence-electron chi connectivity index (χ0n) is 9.34. The summed E-state index contributed by atoms with van der Waals surface area (Å²) in [6, 6.07) is 7.77. The highest BCUT2D eigenvalue weighted by atomic mass is 32.1. The number of primary amides is 1. The average Bonchev–Trinajstić information content (AvgIpc) is 2.78. The molecule has 0 aliphatic carbocycles. The van der Waals surface area contributed by atoms with E-state index in [1.807, 2.05) is 24.3 Å². The van der Waals surface area contributed by atoms with Crippen LogP contribution in [0.3, 0.4) is 0 Å². The lowest BCUT2D eigenvalue weighted by atomic mass is 10.1. The Balaban J connectivity index is 2.22. The van der Waals surface area contributed by atoms with E-state index in [0.29, 0.717) is 11.4 Å². The van der Waals surface area contributed by atoms with E-state index < -0.39 is 5.91 Å². The Labute approximate surface area is 103 Å². The molecule has 1 heterocycles. The van der Waals surface area contributed by atoms with Gasteiger partial charge in [0.1, 0.15) is 5.75 Å². The fraction of sp³-hybridized carbons (Fsp3) is 0.167. The van der Waals surface area contributed by atoms with Gasteiger partial charge < -0.3 is 10.5 Å². The first-order chi connectivity index (χ1) is 8.20.